The molecule has 0 N–H and O–H groups in total. The van der Waals surface area contributed by atoms with Crippen molar-refractivity contribution in [2.75, 3.05) is 11.5 Å². The zero-order valence-corrected chi connectivity index (χ0v) is 24.3. The van der Waals surface area contributed by atoms with Crippen molar-refractivity contribution in [2.45, 2.75) is 101 Å². The SMILES string of the molecule is CCCCCCCCS(=O)(=O)c1c(I)sc(I)c1S(=O)(=O)CCCCCCCC. The average molecular weight is 688 g/mol. The van der Waals surface area contributed by atoms with E-state index in [1.807, 2.05) is 45.2 Å². The summed E-state index contributed by atoms with van der Waals surface area (Å²) >= 11 is 5.23. The molecule has 0 fully saturated rings. The van der Waals surface area contributed by atoms with E-state index >= 15 is 0 Å². The lowest BCUT2D eigenvalue weighted by Crippen LogP contribution is -2.15. The van der Waals surface area contributed by atoms with Gasteiger partial charge in [0.2, 0.25) is 0 Å². The topological polar surface area (TPSA) is 68.3 Å². The summed E-state index contributed by atoms with van der Waals surface area (Å²) in [6.45, 7) is 4.30. The maximum atomic E-state index is 13.0. The number of hydrogen-bond acceptors (Lipinski definition) is 5. The zero-order chi connectivity index (χ0) is 21.9. The summed E-state index contributed by atoms with van der Waals surface area (Å²) in [6, 6.07) is 0. The van der Waals surface area contributed by atoms with Crippen molar-refractivity contribution in [3.8, 4) is 0 Å². The second-order valence-corrected chi connectivity index (χ2v) is 16.2. The lowest BCUT2D eigenvalue weighted by atomic mass is 10.1. The van der Waals surface area contributed by atoms with Crippen LogP contribution in [0.25, 0.3) is 0 Å². The smallest absolute Gasteiger partial charge is 0.181 e. The van der Waals surface area contributed by atoms with Crippen LogP contribution in [0.3, 0.4) is 0 Å². The molecule has 170 valence electrons. The van der Waals surface area contributed by atoms with Crippen LogP contribution in [-0.2, 0) is 19.7 Å². The average Bonchev–Trinajstić information content (AvgIpc) is 2.96. The van der Waals surface area contributed by atoms with Gasteiger partial charge in [0, 0.05) is 0 Å². The molecular formula is C20H34I2O4S3. The lowest BCUT2D eigenvalue weighted by molar-refractivity contribution is 0.572. The van der Waals surface area contributed by atoms with Gasteiger partial charge >= 0.3 is 0 Å². The first-order valence-electron chi connectivity index (χ1n) is 10.6. The summed E-state index contributed by atoms with van der Waals surface area (Å²) in [5, 5.41) is 0. The van der Waals surface area contributed by atoms with Gasteiger partial charge in [0.05, 0.1) is 17.3 Å². The third-order valence-corrected chi connectivity index (χ3v) is 12.9. The molecule has 0 amide bonds. The van der Waals surface area contributed by atoms with Crippen LogP contribution in [0.5, 0.6) is 0 Å². The number of sulfone groups is 2. The van der Waals surface area contributed by atoms with Gasteiger partial charge in [0.15, 0.2) is 19.7 Å². The molecule has 0 aliphatic heterocycles. The molecule has 1 heterocycles. The summed E-state index contributed by atoms with van der Waals surface area (Å²) in [7, 11) is -7.20. The monoisotopic (exact) mass is 688 g/mol. The molecule has 4 nitrogen and oxygen atoms in total. The van der Waals surface area contributed by atoms with Crippen LogP contribution < -0.4 is 0 Å². The molecule has 9 heteroatoms. The maximum Gasteiger partial charge on any atom is 0.181 e. The van der Waals surface area contributed by atoms with Gasteiger partial charge < -0.3 is 0 Å². The first-order chi connectivity index (χ1) is 13.7. The van der Waals surface area contributed by atoms with Crippen LogP contribution in [-0.4, -0.2) is 28.3 Å². The van der Waals surface area contributed by atoms with Gasteiger partial charge in [-0.3, -0.25) is 0 Å². The molecule has 0 aliphatic carbocycles. The Labute approximate surface area is 209 Å². The minimum atomic E-state index is -3.60. The number of unbranched alkanes of at least 4 members (excludes halogenated alkanes) is 10. The first kappa shape index (κ1) is 28.1. The van der Waals surface area contributed by atoms with E-state index in [1.165, 1.54) is 24.2 Å². The Morgan fingerprint density at radius 1 is 0.586 bits per heavy atom. The molecule has 1 aromatic rings. The first-order valence-corrected chi connectivity index (χ1v) is 16.9. The van der Waals surface area contributed by atoms with Crippen molar-refractivity contribution in [1.29, 1.82) is 0 Å². The largest absolute Gasteiger partial charge is 0.224 e. The Bertz CT molecular complexity index is 749. The van der Waals surface area contributed by atoms with Crippen LogP contribution in [0.15, 0.2) is 9.79 Å². The van der Waals surface area contributed by atoms with Crippen molar-refractivity contribution < 1.29 is 16.8 Å². The van der Waals surface area contributed by atoms with E-state index in [2.05, 4.69) is 13.8 Å². The molecule has 0 unspecified atom stereocenters. The standard InChI is InChI=1S/C20H34I2O4S3/c1-3-5-7-9-11-13-15-28(23,24)17-18(20(22)27-19(17)21)29(25,26)16-14-12-10-8-6-4-2/h3-16H2,1-2H3. The Morgan fingerprint density at radius 2 is 0.897 bits per heavy atom. The molecule has 29 heavy (non-hydrogen) atoms. The second-order valence-electron chi connectivity index (χ2n) is 7.48. The summed E-state index contributed by atoms with van der Waals surface area (Å²) in [4.78, 5) is 0.124. The van der Waals surface area contributed by atoms with Gasteiger partial charge in [0.1, 0.15) is 9.79 Å². The van der Waals surface area contributed by atoms with E-state index in [1.54, 1.807) is 0 Å². The van der Waals surface area contributed by atoms with Crippen molar-refractivity contribution in [1.82, 2.24) is 0 Å². The van der Waals surface area contributed by atoms with E-state index in [0.717, 1.165) is 51.4 Å². The molecular weight excluding hydrogens is 654 g/mol. The molecule has 0 saturated carbocycles. The van der Waals surface area contributed by atoms with Crippen LogP contribution in [0.4, 0.5) is 0 Å². The second kappa shape index (κ2) is 14.3. The molecule has 0 radical (unpaired) electrons. The quantitative estimate of drug-likeness (QED) is 0.136. The van der Waals surface area contributed by atoms with Gasteiger partial charge in [-0.1, -0.05) is 78.1 Å². The van der Waals surface area contributed by atoms with Crippen LogP contribution in [0.2, 0.25) is 0 Å². The highest BCUT2D eigenvalue weighted by Crippen LogP contribution is 2.39. The van der Waals surface area contributed by atoms with Crippen molar-refractivity contribution in [2.24, 2.45) is 0 Å². The molecule has 1 rings (SSSR count). The van der Waals surface area contributed by atoms with Crippen LogP contribution in [0.1, 0.15) is 90.9 Å². The number of hydrogen-bond donors (Lipinski definition) is 0. The van der Waals surface area contributed by atoms with Crippen molar-refractivity contribution >= 4 is 76.2 Å². The summed E-state index contributed by atoms with van der Waals surface area (Å²) in [5.74, 6) is 0.0585. The third kappa shape index (κ3) is 9.61. The molecule has 0 aromatic carbocycles. The summed E-state index contributed by atoms with van der Waals surface area (Å²) in [5.41, 5.74) is 0. The Balaban J connectivity index is 2.84. The Kier molecular flexibility index (Phi) is 13.8. The lowest BCUT2D eigenvalue weighted by Gasteiger charge is -2.09. The van der Waals surface area contributed by atoms with Gasteiger partial charge in [-0.15, -0.1) is 11.3 Å². The van der Waals surface area contributed by atoms with Crippen LogP contribution >= 0.6 is 56.5 Å². The van der Waals surface area contributed by atoms with Crippen molar-refractivity contribution in [3.05, 3.63) is 5.77 Å². The van der Waals surface area contributed by atoms with Gasteiger partial charge in [0.25, 0.3) is 0 Å². The minimum Gasteiger partial charge on any atom is -0.224 e. The predicted molar refractivity (Wildman–Crippen MR) is 141 cm³/mol. The molecule has 0 bridgehead atoms. The third-order valence-electron chi connectivity index (χ3n) is 4.90. The van der Waals surface area contributed by atoms with Crippen LogP contribution in [0, 0.1) is 5.77 Å². The van der Waals surface area contributed by atoms with E-state index in [4.69, 9.17) is 0 Å². The minimum absolute atomic E-state index is 0.0292. The maximum absolute atomic E-state index is 13.0. The molecule has 0 saturated heterocycles. The van der Waals surface area contributed by atoms with E-state index in [9.17, 15) is 16.8 Å². The highest BCUT2D eigenvalue weighted by atomic mass is 127. The fourth-order valence-electron chi connectivity index (χ4n) is 3.23. The molecule has 1 aromatic heterocycles. The summed E-state index contributed by atoms with van der Waals surface area (Å²) < 4.78 is 53.2. The fourth-order valence-corrected chi connectivity index (χ4v) is 14.0. The Morgan fingerprint density at radius 3 is 1.24 bits per heavy atom. The Hall–Kier alpha value is 1.06. The van der Waals surface area contributed by atoms with Gasteiger partial charge in [-0.2, -0.15) is 0 Å². The molecule has 0 aliphatic rings. The number of halogens is 2. The predicted octanol–water partition coefficient (Wildman–Crippen LogP) is 7.23. The van der Waals surface area contributed by atoms with E-state index in [0.29, 0.717) is 18.6 Å². The molecule has 0 atom stereocenters. The molecule has 0 spiro atoms. The van der Waals surface area contributed by atoms with E-state index < -0.39 is 19.7 Å². The van der Waals surface area contributed by atoms with Gasteiger partial charge in [-0.25, -0.2) is 16.8 Å². The highest BCUT2D eigenvalue weighted by Gasteiger charge is 2.33. The normalized spacial score (nSPS) is 12.6. The number of rotatable bonds is 16. The van der Waals surface area contributed by atoms with Crippen molar-refractivity contribution in [3.63, 3.8) is 0 Å². The highest BCUT2D eigenvalue weighted by molar-refractivity contribution is 14.1. The van der Waals surface area contributed by atoms with Gasteiger partial charge in [-0.05, 0) is 58.0 Å². The fraction of sp³-hybridized carbons (Fsp3) is 0.800. The van der Waals surface area contributed by atoms with E-state index in [-0.39, 0.29) is 21.3 Å². The summed E-state index contributed by atoms with van der Waals surface area (Å²) in [6.07, 6.45) is 11.9. The zero-order valence-electron chi connectivity index (χ0n) is 17.5. The number of thiophene rings is 1.